The third kappa shape index (κ3) is 3.46. The number of nitrogens with one attached hydrogen (secondary N) is 1. The zero-order chi connectivity index (χ0) is 20.5. The number of nitrogen functional groups attached to an aromatic ring is 1. The van der Waals surface area contributed by atoms with Crippen LogP contribution in [0, 0.1) is 6.92 Å². The lowest BCUT2D eigenvalue weighted by Gasteiger charge is -2.06. The number of benzene rings is 3. The number of aryl methyl sites for hydroxylation is 1. The largest absolute Gasteiger partial charge is 0.383 e. The Hall–Kier alpha value is -3.51. The van der Waals surface area contributed by atoms with Gasteiger partial charge in [-0.25, -0.2) is 9.67 Å². The SMILES string of the molecule is Cc1ccc(-n2nc(CSc3nc4ccccc4[nH]3)c(-c3ccccc3)c2N)cc1. The van der Waals surface area contributed by atoms with Gasteiger partial charge >= 0.3 is 0 Å². The van der Waals surface area contributed by atoms with Crippen LogP contribution in [0.3, 0.4) is 0 Å². The molecule has 5 rings (SSSR count). The van der Waals surface area contributed by atoms with Gasteiger partial charge in [-0.15, -0.1) is 0 Å². The zero-order valence-electron chi connectivity index (χ0n) is 16.5. The van der Waals surface area contributed by atoms with Gasteiger partial charge in [0.15, 0.2) is 5.16 Å². The van der Waals surface area contributed by atoms with Crippen molar-refractivity contribution in [2.24, 2.45) is 0 Å². The normalized spacial score (nSPS) is 11.2. The number of aromatic amines is 1. The van der Waals surface area contributed by atoms with Crippen LogP contribution in [-0.4, -0.2) is 19.7 Å². The number of thioether (sulfide) groups is 1. The molecule has 3 N–H and O–H groups in total. The van der Waals surface area contributed by atoms with Crippen LogP contribution in [-0.2, 0) is 5.75 Å². The number of anilines is 1. The fourth-order valence-corrected chi connectivity index (χ4v) is 4.34. The van der Waals surface area contributed by atoms with Crippen LogP contribution >= 0.6 is 11.8 Å². The molecule has 6 heteroatoms. The van der Waals surface area contributed by atoms with Gasteiger partial charge in [-0.05, 0) is 36.8 Å². The maximum Gasteiger partial charge on any atom is 0.166 e. The molecule has 0 saturated carbocycles. The van der Waals surface area contributed by atoms with E-state index in [0.29, 0.717) is 11.6 Å². The molecule has 0 unspecified atom stereocenters. The summed E-state index contributed by atoms with van der Waals surface area (Å²) >= 11 is 1.63. The number of fused-ring (bicyclic) bond motifs is 1. The first kappa shape index (κ1) is 18.5. The van der Waals surface area contributed by atoms with E-state index in [4.69, 9.17) is 10.8 Å². The van der Waals surface area contributed by atoms with Crippen LogP contribution in [0.5, 0.6) is 0 Å². The van der Waals surface area contributed by atoms with Gasteiger partial charge in [-0.2, -0.15) is 5.10 Å². The summed E-state index contributed by atoms with van der Waals surface area (Å²) in [4.78, 5) is 8.04. The van der Waals surface area contributed by atoms with Crippen LogP contribution in [0.25, 0.3) is 27.8 Å². The Morgan fingerprint density at radius 1 is 0.933 bits per heavy atom. The number of hydrogen-bond acceptors (Lipinski definition) is 4. The molecule has 0 aliphatic heterocycles. The average molecular weight is 412 g/mol. The Bertz CT molecular complexity index is 1270. The number of imidazole rings is 1. The lowest BCUT2D eigenvalue weighted by molar-refractivity contribution is 0.867. The molecule has 0 bridgehead atoms. The smallest absolute Gasteiger partial charge is 0.166 e. The first-order chi connectivity index (χ1) is 14.7. The highest BCUT2D eigenvalue weighted by molar-refractivity contribution is 7.98. The number of nitrogens with zero attached hydrogens (tertiary/aromatic N) is 3. The molecule has 0 spiro atoms. The molecular formula is C24H21N5S. The maximum atomic E-state index is 6.60. The van der Waals surface area contributed by atoms with Crippen LogP contribution in [0.15, 0.2) is 84.0 Å². The number of H-pyrrole nitrogens is 1. The summed E-state index contributed by atoms with van der Waals surface area (Å²) in [5.41, 5.74) is 13.7. The standard InChI is InChI=1S/C24H21N5S/c1-16-11-13-18(14-12-16)29-23(25)22(17-7-3-2-4-8-17)21(28-29)15-30-24-26-19-9-5-6-10-20(19)27-24/h2-14H,15,25H2,1H3,(H,26,27). The lowest BCUT2D eigenvalue weighted by atomic mass is 10.1. The van der Waals surface area contributed by atoms with E-state index in [1.54, 1.807) is 11.8 Å². The second-order valence-electron chi connectivity index (χ2n) is 7.17. The number of nitrogens with two attached hydrogens (primary N) is 1. The molecule has 0 radical (unpaired) electrons. The molecule has 0 saturated heterocycles. The van der Waals surface area contributed by atoms with E-state index in [0.717, 1.165) is 38.7 Å². The molecular weight excluding hydrogens is 390 g/mol. The van der Waals surface area contributed by atoms with Gasteiger partial charge < -0.3 is 10.7 Å². The third-order valence-electron chi connectivity index (χ3n) is 5.05. The van der Waals surface area contributed by atoms with Crippen LogP contribution < -0.4 is 5.73 Å². The third-order valence-corrected chi connectivity index (χ3v) is 5.93. The average Bonchev–Trinajstić information content (AvgIpc) is 3.34. The van der Waals surface area contributed by atoms with Gasteiger partial charge in [0, 0.05) is 11.3 Å². The Morgan fingerprint density at radius 3 is 2.43 bits per heavy atom. The Balaban J connectivity index is 1.53. The van der Waals surface area contributed by atoms with Gasteiger partial charge in [-0.3, -0.25) is 0 Å². The first-order valence-electron chi connectivity index (χ1n) is 9.76. The number of hydrogen-bond donors (Lipinski definition) is 2. The fourth-order valence-electron chi connectivity index (χ4n) is 3.52. The van der Waals surface area contributed by atoms with Crippen molar-refractivity contribution < 1.29 is 0 Å². The summed E-state index contributed by atoms with van der Waals surface area (Å²) in [5.74, 6) is 1.30. The summed E-state index contributed by atoms with van der Waals surface area (Å²) < 4.78 is 1.83. The quantitative estimate of drug-likeness (QED) is 0.369. The predicted octanol–water partition coefficient (Wildman–Crippen LogP) is 5.60. The highest BCUT2D eigenvalue weighted by atomic mass is 32.2. The maximum absolute atomic E-state index is 6.60. The number of para-hydroxylation sites is 2. The van der Waals surface area contributed by atoms with Crippen molar-refractivity contribution >= 4 is 28.6 Å². The zero-order valence-corrected chi connectivity index (χ0v) is 17.4. The molecule has 0 fully saturated rings. The van der Waals surface area contributed by atoms with Crippen molar-refractivity contribution in [1.29, 1.82) is 0 Å². The summed E-state index contributed by atoms with van der Waals surface area (Å²) in [6, 6.07) is 26.5. The molecule has 3 aromatic carbocycles. The molecule has 148 valence electrons. The van der Waals surface area contributed by atoms with E-state index in [-0.39, 0.29) is 0 Å². The van der Waals surface area contributed by atoms with Crippen LogP contribution in [0.4, 0.5) is 5.82 Å². The second kappa shape index (κ2) is 7.72. The van der Waals surface area contributed by atoms with Crippen molar-refractivity contribution in [3.8, 4) is 16.8 Å². The van der Waals surface area contributed by atoms with Crippen LogP contribution in [0.1, 0.15) is 11.3 Å². The second-order valence-corrected chi connectivity index (χ2v) is 8.13. The molecule has 0 amide bonds. The molecule has 2 aromatic heterocycles. The van der Waals surface area contributed by atoms with Gasteiger partial charge in [0.05, 0.1) is 22.4 Å². The molecule has 30 heavy (non-hydrogen) atoms. The number of rotatable bonds is 5. The molecule has 0 aliphatic carbocycles. The van der Waals surface area contributed by atoms with E-state index in [2.05, 4.69) is 41.2 Å². The predicted molar refractivity (Wildman–Crippen MR) is 124 cm³/mol. The van der Waals surface area contributed by atoms with Crippen molar-refractivity contribution in [2.45, 2.75) is 17.8 Å². The Labute approximate surface area is 179 Å². The van der Waals surface area contributed by atoms with E-state index >= 15 is 0 Å². The van der Waals surface area contributed by atoms with Crippen molar-refractivity contribution in [3.05, 3.63) is 90.1 Å². The minimum atomic E-state index is 0.644. The fraction of sp³-hybridized carbons (Fsp3) is 0.0833. The summed E-state index contributed by atoms with van der Waals surface area (Å²) in [6.45, 7) is 2.07. The van der Waals surface area contributed by atoms with Crippen LogP contribution in [0.2, 0.25) is 0 Å². The molecule has 0 aliphatic rings. The minimum absolute atomic E-state index is 0.644. The first-order valence-corrected chi connectivity index (χ1v) is 10.7. The van der Waals surface area contributed by atoms with Gasteiger partial charge in [0.1, 0.15) is 5.82 Å². The van der Waals surface area contributed by atoms with Gasteiger partial charge in [0.25, 0.3) is 0 Å². The molecule has 5 aromatic rings. The van der Waals surface area contributed by atoms with E-state index < -0.39 is 0 Å². The van der Waals surface area contributed by atoms with E-state index in [9.17, 15) is 0 Å². The number of aromatic nitrogens is 4. The Kier molecular flexibility index (Phi) is 4.77. The van der Waals surface area contributed by atoms with Crippen molar-refractivity contribution in [3.63, 3.8) is 0 Å². The lowest BCUT2D eigenvalue weighted by Crippen LogP contribution is -2.02. The summed E-state index contributed by atoms with van der Waals surface area (Å²) in [7, 11) is 0. The minimum Gasteiger partial charge on any atom is -0.383 e. The highest BCUT2D eigenvalue weighted by Gasteiger charge is 2.19. The summed E-state index contributed by atoms with van der Waals surface area (Å²) in [6.07, 6.45) is 0. The monoisotopic (exact) mass is 411 g/mol. The molecule has 0 atom stereocenters. The van der Waals surface area contributed by atoms with Gasteiger partial charge in [-0.1, -0.05) is 71.9 Å². The topological polar surface area (TPSA) is 72.5 Å². The van der Waals surface area contributed by atoms with Crippen molar-refractivity contribution in [2.75, 3.05) is 5.73 Å². The van der Waals surface area contributed by atoms with Crippen molar-refractivity contribution in [1.82, 2.24) is 19.7 Å². The Morgan fingerprint density at radius 2 is 1.67 bits per heavy atom. The van der Waals surface area contributed by atoms with E-state index in [1.165, 1.54) is 5.56 Å². The highest BCUT2D eigenvalue weighted by Crippen LogP contribution is 2.35. The summed E-state index contributed by atoms with van der Waals surface area (Å²) in [5, 5.41) is 5.76. The molecule has 2 heterocycles. The van der Waals surface area contributed by atoms with Gasteiger partial charge in [0.2, 0.25) is 0 Å². The van der Waals surface area contributed by atoms with E-state index in [1.807, 2.05) is 59.3 Å². The molecule has 5 nitrogen and oxygen atoms in total.